The zero-order chi connectivity index (χ0) is 15.3. The first-order valence-corrected chi connectivity index (χ1v) is 6.70. The van der Waals surface area contributed by atoms with Gasteiger partial charge in [-0.2, -0.15) is 5.10 Å². The number of Topliss-reactive ketones (excluding diaryl/α,β-unsaturated/α-hetero) is 1. The lowest BCUT2D eigenvalue weighted by molar-refractivity contribution is -0.133. The van der Waals surface area contributed by atoms with Gasteiger partial charge in [0, 0.05) is 19.0 Å². The van der Waals surface area contributed by atoms with Gasteiger partial charge in [-0.1, -0.05) is 6.07 Å². The molecular weight excluding hydrogens is 268 g/mol. The minimum absolute atomic E-state index is 0.168. The van der Waals surface area contributed by atoms with E-state index in [1.165, 1.54) is 17.3 Å². The first-order chi connectivity index (χ1) is 10.0. The average Bonchev–Trinajstić information content (AvgIpc) is 2.99. The van der Waals surface area contributed by atoms with Crippen molar-refractivity contribution in [1.82, 2.24) is 19.7 Å². The predicted molar refractivity (Wildman–Crippen MR) is 79.1 cm³/mol. The number of carbonyl (C=O) groups is 1. The summed E-state index contributed by atoms with van der Waals surface area (Å²) in [5.74, 6) is -0.168. The number of nitrogens with zero attached hydrogens (tertiary/aromatic N) is 4. The molecule has 0 saturated carbocycles. The second-order valence-corrected chi connectivity index (χ2v) is 4.93. The molecule has 2 rings (SSSR count). The molecule has 0 unspecified atom stereocenters. The molecule has 0 atom stereocenters. The van der Waals surface area contributed by atoms with Crippen molar-refractivity contribution in [1.29, 1.82) is 0 Å². The highest BCUT2D eigenvalue weighted by Gasteiger charge is 2.32. The van der Waals surface area contributed by atoms with Crippen LogP contribution in [0.1, 0.15) is 26.3 Å². The Morgan fingerprint density at radius 1 is 1.43 bits per heavy atom. The van der Waals surface area contributed by atoms with Crippen LogP contribution in [0.4, 0.5) is 0 Å². The van der Waals surface area contributed by atoms with E-state index in [4.69, 9.17) is 4.74 Å². The molecule has 0 aliphatic rings. The Morgan fingerprint density at radius 3 is 2.81 bits per heavy atom. The predicted octanol–water partition coefficient (Wildman–Crippen LogP) is 2.06. The van der Waals surface area contributed by atoms with Crippen molar-refractivity contribution in [3.05, 3.63) is 42.7 Å². The van der Waals surface area contributed by atoms with Crippen molar-refractivity contribution in [2.75, 3.05) is 6.61 Å². The minimum atomic E-state index is -0.936. The normalized spacial score (nSPS) is 12.4. The van der Waals surface area contributed by atoms with Crippen molar-refractivity contribution in [2.45, 2.75) is 26.4 Å². The Labute approximate surface area is 123 Å². The van der Waals surface area contributed by atoms with E-state index in [1.807, 2.05) is 19.1 Å². The van der Waals surface area contributed by atoms with Crippen LogP contribution in [0.3, 0.4) is 0 Å². The van der Waals surface area contributed by atoms with Gasteiger partial charge in [0.1, 0.15) is 24.0 Å². The van der Waals surface area contributed by atoms with E-state index < -0.39 is 5.60 Å². The van der Waals surface area contributed by atoms with Gasteiger partial charge in [-0.15, -0.1) is 0 Å². The van der Waals surface area contributed by atoms with Crippen LogP contribution in [0.2, 0.25) is 0 Å². The summed E-state index contributed by atoms with van der Waals surface area (Å²) in [6.07, 6.45) is 7.96. The van der Waals surface area contributed by atoms with Gasteiger partial charge in [0.05, 0.1) is 0 Å². The molecule has 110 valence electrons. The van der Waals surface area contributed by atoms with E-state index in [0.29, 0.717) is 12.3 Å². The Morgan fingerprint density at radius 2 is 2.24 bits per heavy atom. The summed E-state index contributed by atoms with van der Waals surface area (Å²) in [6.45, 7) is 5.80. The van der Waals surface area contributed by atoms with Gasteiger partial charge in [0.25, 0.3) is 0 Å². The third-order valence-electron chi connectivity index (χ3n) is 2.94. The summed E-state index contributed by atoms with van der Waals surface area (Å²) in [7, 11) is 0. The summed E-state index contributed by atoms with van der Waals surface area (Å²) in [5.41, 5.74) is 0.261. The molecule has 0 aliphatic carbocycles. The highest BCUT2D eigenvalue weighted by atomic mass is 16.5. The molecule has 6 heteroatoms. The summed E-state index contributed by atoms with van der Waals surface area (Å²) in [6, 6.07) is 3.67. The smallest absolute Gasteiger partial charge is 0.212 e. The minimum Gasteiger partial charge on any atom is -0.368 e. The Hall–Kier alpha value is -2.34. The first-order valence-electron chi connectivity index (χ1n) is 6.70. The number of ether oxygens (including phenoxy) is 1. The lowest BCUT2D eigenvalue weighted by atomic mass is 9.99. The van der Waals surface area contributed by atoms with Crippen LogP contribution in [-0.4, -0.2) is 37.7 Å². The molecule has 0 radical (unpaired) electrons. The zero-order valence-corrected chi connectivity index (χ0v) is 12.4. The van der Waals surface area contributed by atoms with Crippen molar-refractivity contribution in [3.8, 4) is 0 Å². The molecule has 0 aliphatic heterocycles. The second-order valence-electron chi connectivity index (χ2n) is 4.93. The van der Waals surface area contributed by atoms with Crippen LogP contribution in [0, 0.1) is 0 Å². The van der Waals surface area contributed by atoms with E-state index in [2.05, 4.69) is 15.1 Å². The monoisotopic (exact) mass is 286 g/mol. The summed E-state index contributed by atoms with van der Waals surface area (Å²) >= 11 is 0. The fraction of sp³-hybridized carbons (Fsp3) is 0.333. The van der Waals surface area contributed by atoms with Gasteiger partial charge in [0.2, 0.25) is 5.78 Å². The molecule has 2 aromatic rings. The molecule has 0 bridgehead atoms. The fourth-order valence-corrected chi connectivity index (χ4v) is 1.92. The van der Waals surface area contributed by atoms with E-state index in [9.17, 15) is 4.79 Å². The third kappa shape index (κ3) is 3.61. The van der Waals surface area contributed by atoms with E-state index in [0.717, 1.165) is 5.56 Å². The largest absolute Gasteiger partial charge is 0.368 e. The Balaban J connectivity index is 2.43. The Kier molecular flexibility index (Phi) is 4.59. The molecule has 2 heterocycles. The van der Waals surface area contributed by atoms with Gasteiger partial charge in [-0.3, -0.25) is 9.78 Å². The molecule has 21 heavy (non-hydrogen) atoms. The number of ketones is 1. The van der Waals surface area contributed by atoms with Crippen LogP contribution >= 0.6 is 0 Å². The van der Waals surface area contributed by atoms with Gasteiger partial charge in [0.15, 0.2) is 0 Å². The third-order valence-corrected chi connectivity index (χ3v) is 2.94. The van der Waals surface area contributed by atoms with Crippen molar-refractivity contribution in [3.63, 3.8) is 0 Å². The molecule has 0 N–H and O–H groups in total. The molecule has 0 amide bonds. The molecule has 0 saturated heterocycles. The van der Waals surface area contributed by atoms with Crippen LogP contribution < -0.4 is 0 Å². The van der Waals surface area contributed by atoms with Gasteiger partial charge in [-0.05, 0) is 38.5 Å². The maximum absolute atomic E-state index is 12.8. The summed E-state index contributed by atoms with van der Waals surface area (Å²) in [4.78, 5) is 20.7. The average molecular weight is 286 g/mol. The second kappa shape index (κ2) is 6.41. The number of pyridine rings is 1. The van der Waals surface area contributed by atoms with E-state index in [-0.39, 0.29) is 5.78 Å². The van der Waals surface area contributed by atoms with Crippen molar-refractivity contribution < 1.29 is 9.53 Å². The van der Waals surface area contributed by atoms with Crippen LogP contribution in [0.25, 0.3) is 11.8 Å². The zero-order valence-electron chi connectivity index (χ0n) is 12.4. The van der Waals surface area contributed by atoms with E-state index in [1.54, 1.807) is 32.3 Å². The van der Waals surface area contributed by atoms with Crippen LogP contribution in [0.5, 0.6) is 0 Å². The first kappa shape index (κ1) is 15.1. The Bertz CT molecular complexity index is 618. The fourth-order valence-electron chi connectivity index (χ4n) is 1.92. The SMILES string of the molecule is CCOC(C)(C)C(=O)/C(=C/c1cccnc1)n1cncn1. The molecule has 0 spiro atoms. The van der Waals surface area contributed by atoms with Gasteiger partial charge in [-0.25, -0.2) is 9.67 Å². The summed E-state index contributed by atoms with van der Waals surface area (Å²) in [5, 5.41) is 4.05. The lowest BCUT2D eigenvalue weighted by Crippen LogP contribution is -2.37. The number of carbonyl (C=O) groups excluding carboxylic acids is 1. The van der Waals surface area contributed by atoms with Crippen LogP contribution in [0.15, 0.2) is 37.2 Å². The molecule has 6 nitrogen and oxygen atoms in total. The van der Waals surface area contributed by atoms with Gasteiger partial charge < -0.3 is 4.74 Å². The number of rotatable bonds is 6. The maximum atomic E-state index is 12.8. The maximum Gasteiger partial charge on any atom is 0.212 e. The highest BCUT2D eigenvalue weighted by molar-refractivity contribution is 6.23. The molecule has 2 aromatic heterocycles. The van der Waals surface area contributed by atoms with Crippen molar-refractivity contribution in [2.24, 2.45) is 0 Å². The topological polar surface area (TPSA) is 69.9 Å². The summed E-state index contributed by atoms with van der Waals surface area (Å²) < 4.78 is 6.98. The highest BCUT2D eigenvalue weighted by Crippen LogP contribution is 2.21. The standard InChI is InChI=1S/C15H18N4O2/c1-4-21-15(2,3)14(20)13(19-11-17-10-18-19)8-12-6-5-7-16-9-12/h5-11H,4H2,1-3H3/b13-8-. The van der Waals surface area contributed by atoms with Crippen LogP contribution in [-0.2, 0) is 9.53 Å². The number of aromatic nitrogens is 4. The number of hydrogen-bond acceptors (Lipinski definition) is 5. The van der Waals surface area contributed by atoms with E-state index >= 15 is 0 Å². The molecule has 0 fully saturated rings. The van der Waals surface area contributed by atoms with Crippen molar-refractivity contribution >= 4 is 17.6 Å². The molecule has 0 aromatic carbocycles. The quantitative estimate of drug-likeness (QED) is 0.760. The number of hydrogen-bond donors (Lipinski definition) is 0. The molecular formula is C15H18N4O2. The lowest BCUT2D eigenvalue weighted by Gasteiger charge is -2.24. The van der Waals surface area contributed by atoms with Gasteiger partial charge >= 0.3 is 0 Å².